The molecule has 5 heteroatoms. The maximum Gasteiger partial charge on any atom is 0.253 e. The number of hydrogen-bond acceptors (Lipinski definition) is 3. The van der Waals surface area contributed by atoms with Crippen LogP contribution in [0.3, 0.4) is 0 Å². The Morgan fingerprint density at radius 3 is 2.58 bits per heavy atom. The molecule has 1 saturated heterocycles. The van der Waals surface area contributed by atoms with Gasteiger partial charge in [0.2, 0.25) is 0 Å². The summed E-state index contributed by atoms with van der Waals surface area (Å²) in [5.41, 5.74) is 1.37. The summed E-state index contributed by atoms with van der Waals surface area (Å²) in [7, 11) is 1.52. The van der Waals surface area contributed by atoms with Crippen LogP contribution in [-0.2, 0) is 19.7 Å². The molecule has 0 saturated carbocycles. The maximum atomic E-state index is 13.8. The molecule has 1 aliphatic heterocycles. The Hall–Kier alpha value is -2.24. The molecule has 1 unspecified atom stereocenters. The molecule has 1 fully saturated rings. The highest BCUT2D eigenvalue weighted by Gasteiger charge is 2.36. The van der Waals surface area contributed by atoms with E-state index in [1.165, 1.54) is 13.2 Å². The van der Waals surface area contributed by atoms with Crippen molar-refractivity contribution in [3.05, 3.63) is 71.5 Å². The molecule has 0 radical (unpaired) electrons. The van der Waals surface area contributed by atoms with Crippen LogP contribution in [0.15, 0.2) is 54.6 Å². The minimum Gasteiger partial charge on any atom is -0.381 e. The lowest BCUT2D eigenvalue weighted by atomic mass is 9.74. The first-order chi connectivity index (χ1) is 12.6. The fourth-order valence-electron chi connectivity index (χ4n) is 3.52. The second-order valence-corrected chi connectivity index (χ2v) is 6.65. The molecule has 0 spiro atoms. The number of rotatable bonds is 6. The quantitative estimate of drug-likeness (QED) is 0.862. The second-order valence-electron chi connectivity index (χ2n) is 6.65. The van der Waals surface area contributed by atoms with Gasteiger partial charge in [-0.25, -0.2) is 4.39 Å². The van der Waals surface area contributed by atoms with E-state index in [0.29, 0.717) is 19.8 Å². The third kappa shape index (κ3) is 4.11. The van der Waals surface area contributed by atoms with Crippen LogP contribution < -0.4 is 5.32 Å². The average molecular weight is 357 g/mol. The van der Waals surface area contributed by atoms with E-state index in [1.807, 2.05) is 36.4 Å². The van der Waals surface area contributed by atoms with Crippen molar-refractivity contribution in [2.75, 3.05) is 26.9 Å². The Kier molecular flexibility index (Phi) is 6.01. The van der Waals surface area contributed by atoms with Gasteiger partial charge in [-0.2, -0.15) is 0 Å². The molecule has 1 amide bonds. The van der Waals surface area contributed by atoms with Gasteiger partial charge in [-0.15, -0.1) is 0 Å². The van der Waals surface area contributed by atoms with Crippen LogP contribution in [-0.4, -0.2) is 32.8 Å². The van der Waals surface area contributed by atoms with Crippen LogP contribution in [0.5, 0.6) is 0 Å². The Balaban J connectivity index is 1.76. The largest absolute Gasteiger partial charge is 0.381 e. The van der Waals surface area contributed by atoms with Crippen LogP contribution in [0.25, 0.3) is 0 Å². The van der Waals surface area contributed by atoms with E-state index in [2.05, 4.69) is 5.32 Å². The number of hydrogen-bond donors (Lipinski definition) is 1. The number of carbonyl (C=O) groups excluding carboxylic acids is 1. The van der Waals surface area contributed by atoms with Crippen LogP contribution >= 0.6 is 0 Å². The van der Waals surface area contributed by atoms with Gasteiger partial charge in [0, 0.05) is 32.3 Å². The SMILES string of the molecule is COC(C(=O)NCC1(c2cccc(F)c2)CCOCC1)c1ccccc1. The van der Waals surface area contributed by atoms with Crippen molar-refractivity contribution in [1.82, 2.24) is 5.32 Å². The van der Waals surface area contributed by atoms with Crippen molar-refractivity contribution in [2.24, 2.45) is 0 Å². The first-order valence-corrected chi connectivity index (χ1v) is 8.84. The Bertz CT molecular complexity index is 729. The summed E-state index contributed by atoms with van der Waals surface area (Å²) < 4.78 is 24.6. The van der Waals surface area contributed by atoms with Crippen molar-refractivity contribution in [3.8, 4) is 0 Å². The van der Waals surface area contributed by atoms with Gasteiger partial charge in [0.25, 0.3) is 5.91 Å². The minimum absolute atomic E-state index is 0.194. The molecule has 1 aliphatic rings. The summed E-state index contributed by atoms with van der Waals surface area (Å²) in [6, 6.07) is 16.0. The number of amides is 1. The summed E-state index contributed by atoms with van der Waals surface area (Å²) in [6.07, 6.45) is 0.806. The molecule has 2 aromatic carbocycles. The third-order valence-corrected chi connectivity index (χ3v) is 5.06. The van der Waals surface area contributed by atoms with Gasteiger partial charge in [-0.3, -0.25) is 4.79 Å². The van der Waals surface area contributed by atoms with E-state index in [0.717, 1.165) is 24.0 Å². The molecule has 0 aliphatic carbocycles. The van der Waals surface area contributed by atoms with Gasteiger partial charge in [-0.1, -0.05) is 42.5 Å². The molecule has 1 atom stereocenters. The molecular formula is C21H24FNO3. The van der Waals surface area contributed by atoms with E-state index in [9.17, 15) is 9.18 Å². The number of carbonyl (C=O) groups is 1. The fourth-order valence-corrected chi connectivity index (χ4v) is 3.52. The Labute approximate surface area is 153 Å². The van der Waals surface area contributed by atoms with Gasteiger partial charge < -0.3 is 14.8 Å². The van der Waals surface area contributed by atoms with E-state index in [-0.39, 0.29) is 17.1 Å². The smallest absolute Gasteiger partial charge is 0.253 e. The molecule has 138 valence electrons. The predicted octanol–water partition coefficient (Wildman–Crippen LogP) is 3.38. The molecule has 1 heterocycles. The van der Waals surface area contributed by atoms with Crippen LogP contribution in [0.4, 0.5) is 4.39 Å². The second kappa shape index (κ2) is 8.43. The zero-order valence-electron chi connectivity index (χ0n) is 14.9. The predicted molar refractivity (Wildman–Crippen MR) is 97.3 cm³/mol. The van der Waals surface area contributed by atoms with E-state index >= 15 is 0 Å². The summed E-state index contributed by atoms with van der Waals surface area (Å²) >= 11 is 0. The normalized spacial score (nSPS) is 17.5. The summed E-state index contributed by atoms with van der Waals surface area (Å²) in [5, 5.41) is 3.02. The van der Waals surface area contributed by atoms with Gasteiger partial charge in [-0.05, 0) is 36.1 Å². The van der Waals surface area contributed by atoms with Gasteiger partial charge in [0.15, 0.2) is 6.10 Å². The lowest BCUT2D eigenvalue weighted by Crippen LogP contribution is -2.46. The Morgan fingerprint density at radius 1 is 1.19 bits per heavy atom. The van der Waals surface area contributed by atoms with Crippen LogP contribution in [0, 0.1) is 5.82 Å². The van der Waals surface area contributed by atoms with Crippen LogP contribution in [0.2, 0.25) is 0 Å². The van der Waals surface area contributed by atoms with Crippen LogP contribution in [0.1, 0.15) is 30.1 Å². The topological polar surface area (TPSA) is 47.6 Å². The zero-order chi connectivity index (χ0) is 18.4. The zero-order valence-corrected chi connectivity index (χ0v) is 14.9. The standard InChI is InChI=1S/C21H24FNO3/c1-25-19(16-6-3-2-4-7-16)20(24)23-15-21(10-12-26-13-11-21)17-8-5-9-18(22)14-17/h2-9,14,19H,10-13,15H2,1H3,(H,23,24). The third-order valence-electron chi connectivity index (χ3n) is 5.06. The van der Waals surface area contributed by atoms with Gasteiger partial charge in [0.05, 0.1) is 0 Å². The lowest BCUT2D eigenvalue weighted by molar-refractivity contribution is -0.132. The van der Waals surface area contributed by atoms with Gasteiger partial charge >= 0.3 is 0 Å². The molecule has 0 aromatic heterocycles. The summed E-state index contributed by atoms with van der Waals surface area (Å²) in [5.74, 6) is -0.459. The summed E-state index contributed by atoms with van der Waals surface area (Å²) in [4.78, 5) is 12.7. The number of nitrogens with one attached hydrogen (secondary N) is 1. The number of benzene rings is 2. The average Bonchev–Trinajstić information content (AvgIpc) is 2.68. The first-order valence-electron chi connectivity index (χ1n) is 8.84. The first kappa shape index (κ1) is 18.5. The number of halogens is 1. The van der Waals surface area contributed by atoms with E-state index in [4.69, 9.17) is 9.47 Å². The fraction of sp³-hybridized carbons (Fsp3) is 0.381. The Morgan fingerprint density at radius 2 is 1.92 bits per heavy atom. The van der Waals surface area contributed by atoms with Gasteiger partial charge in [0.1, 0.15) is 5.82 Å². The molecule has 26 heavy (non-hydrogen) atoms. The van der Waals surface area contributed by atoms with Crippen molar-refractivity contribution in [1.29, 1.82) is 0 Å². The molecule has 4 nitrogen and oxygen atoms in total. The van der Waals surface area contributed by atoms with E-state index in [1.54, 1.807) is 12.1 Å². The van der Waals surface area contributed by atoms with E-state index < -0.39 is 6.10 Å². The molecule has 0 bridgehead atoms. The molecular weight excluding hydrogens is 333 g/mol. The number of ether oxygens (including phenoxy) is 2. The van der Waals surface area contributed by atoms with Crippen molar-refractivity contribution < 1.29 is 18.7 Å². The maximum absolute atomic E-state index is 13.8. The van der Waals surface area contributed by atoms with Crippen molar-refractivity contribution in [2.45, 2.75) is 24.4 Å². The lowest BCUT2D eigenvalue weighted by Gasteiger charge is -2.38. The summed E-state index contributed by atoms with van der Waals surface area (Å²) in [6.45, 7) is 1.61. The minimum atomic E-state index is -0.666. The molecule has 1 N–H and O–H groups in total. The highest BCUT2D eigenvalue weighted by molar-refractivity contribution is 5.82. The molecule has 2 aromatic rings. The molecule has 3 rings (SSSR count). The highest BCUT2D eigenvalue weighted by Crippen LogP contribution is 2.34. The number of methoxy groups -OCH3 is 1. The van der Waals surface area contributed by atoms with Crippen molar-refractivity contribution in [3.63, 3.8) is 0 Å². The van der Waals surface area contributed by atoms with Crippen molar-refractivity contribution >= 4 is 5.91 Å². The monoisotopic (exact) mass is 357 g/mol. The highest BCUT2D eigenvalue weighted by atomic mass is 19.1.